The first kappa shape index (κ1) is 13.5. The van der Waals surface area contributed by atoms with Gasteiger partial charge >= 0.3 is 0 Å². The molecule has 3 aromatic rings. The van der Waals surface area contributed by atoms with E-state index in [1.54, 1.807) is 7.11 Å². The van der Waals surface area contributed by atoms with Crippen molar-refractivity contribution in [1.29, 1.82) is 0 Å². The predicted octanol–water partition coefficient (Wildman–Crippen LogP) is 4.86. The largest absolute Gasteiger partial charge is 0.497 e. The number of benzene rings is 2. The molecule has 1 aromatic heterocycles. The second kappa shape index (κ2) is 4.96. The van der Waals surface area contributed by atoms with Gasteiger partial charge in [-0.05, 0) is 48.9 Å². The van der Waals surface area contributed by atoms with Crippen LogP contribution in [0.5, 0.6) is 5.75 Å². The molecule has 22 heavy (non-hydrogen) atoms. The molecule has 110 valence electrons. The lowest BCUT2D eigenvalue weighted by molar-refractivity contribution is 0.414. The summed E-state index contributed by atoms with van der Waals surface area (Å²) in [6.45, 7) is 2.29. The first-order valence-corrected chi connectivity index (χ1v) is 8.15. The molecule has 0 bridgehead atoms. The predicted molar refractivity (Wildman–Crippen MR) is 91.1 cm³/mol. The van der Waals surface area contributed by atoms with E-state index < -0.39 is 0 Å². The average molecular weight is 307 g/mol. The van der Waals surface area contributed by atoms with Crippen LogP contribution >= 0.6 is 11.8 Å². The molecule has 0 amide bonds. The molecule has 3 heteroatoms. The highest BCUT2D eigenvalue weighted by atomic mass is 32.2. The average Bonchev–Trinajstić information content (AvgIpc) is 3.06. The Morgan fingerprint density at radius 2 is 1.86 bits per heavy atom. The Labute approximate surface area is 134 Å². The molecule has 1 unspecified atom stereocenters. The van der Waals surface area contributed by atoms with Gasteiger partial charge in [0, 0.05) is 16.8 Å². The zero-order valence-corrected chi connectivity index (χ0v) is 13.4. The molecular formula is C19H17NOS. The normalized spacial score (nSPS) is 19.4. The van der Waals surface area contributed by atoms with Crippen LogP contribution in [0.15, 0.2) is 71.8 Å². The van der Waals surface area contributed by atoms with Crippen molar-refractivity contribution in [3.05, 3.63) is 78.1 Å². The fourth-order valence-electron chi connectivity index (χ4n) is 3.12. The van der Waals surface area contributed by atoms with Crippen molar-refractivity contribution in [2.75, 3.05) is 7.11 Å². The Morgan fingerprint density at radius 3 is 2.73 bits per heavy atom. The van der Waals surface area contributed by atoms with Crippen molar-refractivity contribution < 1.29 is 4.74 Å². The summed E-state index contributed by atoms with van der Waals surface area (Å²) in [6.07, 6.45) is 2.15. The third-order valence-electron chi connectivity index (χ3n) is 4.30. The minimum absolute atomic E-state index is 0.133. The molecule has 2 aromatic carbocycles. The quantitative estimate of drug-likeness (QED) is 0.671. The van der Waals surface area contributed by atoms with Crippen molar-refractivity contribution in [2.24, 2.45) is 0 Å². The second-order valence-electron chi connectivity index (χ2n) is 5.60. The molecule has 0 saturated heterocycles. The Morgan fingerprint density at radius 1 is 1.00 bits per heavy atom. The van der Waals surface area contributed by atoms with Gasteiger partial charge in [-0.2, -0.15) is 0 Å². The fourth-order valence-corrected chi connectivity index (χ4v) is 4.49. The molecule has 1 atom stereocenters. The number of rotatable bonds is 2. The summed E-state index contributed by atoms with van der Waals surface area (Å²) < 4.78 is 7.58. The maximum absolute atomic E-state index is 5.41. The van der Waals surface area contributed by atoms with Gasteiger partial charge in [0.25, 0.3) is 0 Å². The van der Waals surface area contributed by atoms with Gasteiger partial charge in [0.05, 0.1) is 17.5 Å². The van der Waals surface area contributed by atoms with Gasteiger partial charge in [-0.1, -0.05) is 24.3 Å². The molecule has 0 aliphatic carbocycles. The minimum Gasteiger partial charge on any atom is -0.497 e. The van der Waals surface area contributed by atoms with Crippen LogP contribution in [0.3, 0.4) is 0 Å². The van der Waals surface area contributed by atoms with E-state index in [0.29, 0.717) is 0 Å². The molecule has 0 N–H and O–H groups in total. The summed E-state index contributed by atoms with van der Waals surface area (Å²) in [6, 6.07) is 21.3. The van der Waals surface area contributed by atoms with Crippen molar-refractivity contribution in [3.63, 3.8) is 0 Å². The molecule has 1 aliphatic heterocycles. The lowest BCUT2D eigenvalue weighted by Crippen LogP contribution is -2.26. The smallest absolute Gasteiger partial charge is 0.119 e. The molecule has 0 saturated carbocycles. The number of hydrogen-bond acceptors (Lipinski definition) is 2. The van der Waals surface area contributed by atoms with Crippen LogP contribution < -0.4 is 4.74 Å². The molecule has 2 nitrogen and oxygen atoms in total. The van der Waals surface area contributed by atoms with E-state index in [1.807, 2.05) is 17.8 Å². The van der Waals surface area contributed by atoms with Crippen LogP contribution in [0.25, 0.3) is 5.69 Å². The minimum atomic E-state index is -0.133. The zero-order valence-electron chi connectivity index (χ0n) is 12.6. The molecule has 0 spiro atoms. The summed E-state index contributed by atoms with van der Waals surface area (Å²) in [7, 11) is 1.72. The summed E-state index contributed by atoms with van der Waals surface area (Å²) in [5.74, 6) is 0.899. The summed E-state index contributed by atoms with van der Waals surface area (Å²) >= 11 is 1.90. The van der Waals surface area contributed by atoms with Crippen molar-refractivity contribution in [2.45, 2.75) is 16.6 Å². The van der Waals surface area contributed by atoms with Crippen molar-refractivity contribution >= 4 is 11.8 Å². The third kappa shape index (κ3) is 1.89. The number of nitrogens with zero attached hydrogens (tertiary/aromatic N) is 1. The van der Waals surface area contributed by atoms with Gasteiger partial charge in [-0.15, -0.1) is 11.8 Å². The van der Waals surface area contributed by atoms with E-state index in [-0.39, 0.29) is 4.75 Å². The van der Waals surface area contributed by atoms with Crippen LogP contribution in [-0.2, 0) is 4.75 Å². The number of methoxy groups -OCH3 is 1. The summed E-state index contributed by atoms with van der Waals surface area (Å²) in [5.41, 5.74) is 3.81. The first-order valence-electron chi connectivity index (χ1n) is 7.33. The second-order valence-corrected chi connectivity index (χ2v) is 7.06. The molecule has 2 heterocycles. The SMILES string of the molecule is COc1cccc(C2(C)Sc3ccccc3-n3cccc32)c1. The van der Waals surface area contributed by atoms with Gasteiger partial charge in [0.2, 0.25) is 0 Å². The Balaban J connectivity index is 1.93. The van der Waals surface area contributed by atoms with Crippen molar-refractivity contribution in [3.8, 4) is 11.4 Å². The Kier molecular flexibility index (Phi) is 3.05. The maximum atomic E-state index is 5.41. The summed E-state index contributed by atoms with van der Waals surface area (Å²) in [5, 5.41) is 0. The van der Waals surface area contributed by atoms with E-state index in [1.165, 1.54) is 21.8 Å². The van der Waals surface area contributed by atoms with Crippen LogP contribution in [0.1, 0.15) is 18.2 Å². The molecule has 4 rings (SSSR count). The molecule has 0 radical (unpaired) electrons. The topological polar surface area (TPSA) is 14.2 Å². The zero-order chi connectivity index (χ0) is 15.2. The highest BCUT2D eigenvalue weighted by Crippen LogP contribution is 2.52. The van der Waals surface area contributed by atoms with E-state index in [9.17, 15) is 0 Å². The lowest BCUT2D eigenvalue weighted by Gasteiger charge is -2.36. The highest BCUT2D eigenvalue weighted by molar-refractivity contribution is 8.00. The van der Waals surface area contributed by atoms with Crippen molar-refractivity contribution in [1.82, 2.24) is 4.57 Å². The number of fused-ring (bicyclic) bond motifs is 3. The number of aromatic nitrogens is 1. The fraction of sp³-hybridized carbons (Fsp3) is 0.158. The number of hydrogen-bond donors (Lipinski definition) is 0. The van der Waals surface area contributed by atoms with Gasteiger partial charge in [0.15, 0.2) is 0 Å². The summed E-state index contributed by atoms with van der Waals surface area (Å²) in [4.78, 5) is 1.30. The molecule has 1 aliphatic rings. The standard InChI is InChI=1S/C19H17NOS/c1-19(14-7-5-8-15(13-14)21-2)18-11-6-12-20(18)16-9-3-4-10-17(16)22-19/h3-13H,1-2H3. The third-order valence-corrected chi connectivity index (χ3v) is 5.72. The number of thioether (sulfide) groups is 1. The molecule has 0 fully saturated rings. The first-order chi connectivity index (χ1) is 10.7. The number of para-hydroxylation sites is 1. The number of ether oxygens (including phenoxy) is 1. The van der Waals surface area contributed by atoms with Gasteiger partial charge in [-0.3, -0.25) is 0 Å². The monoisotopic (exact) mass is 307 g/mol. The molecular weight excluding hydrogens is 290 g/mol. The Bertz CT molecular complexity index is 839. The van der Waals surface area contributed by atoms with E-state index in [2.05, 4.69) is 72.3 Å². The van der Waals surface area contributed by atoms with E-state index >= 15 is 0 Å². The van der Waals surface area contributed by atoms with E-state index in [4.69, 9.17) is 4.74 Å². The Hall–Kier alpha value is -2.13. The van der Waals surface area contributed by atoms with Gasteiger partial charge < -0.3 is 9.30 Å². The van der Waals surface area contributed by atoms with Crippen LogP contribution in [0.2, 0.25) is 0 Å². The highest BCUT2D eigenvalue weighted by Gasteiger charge is 2.37. The van der Waals surface area contributed by atoms with Crippen LogP contribution in [0.4, 0.5) is 0 Å². The van der Waals surface area contributed by atoms with Crippen LogP contribution in [-0.4, -0.2) is 11.7 Å². The van der Waals surface area contributed by atoms with Gasteiger partial charge in [0.1, 0.15) is 5.75 Å². The lowest BCUT2D eigenvalue weighted by atomic mass is 9.95. The van der Waals surface area contributed by atoms with E-state index in [0.717, 1.165) is 5.75 Å². The van der Waals surface area contributed by atoms with Crippen LogP contribution in [0, 0.1) is 0 Å². The van der Waals surface area contributed by atoms with Gasteiger partial charge in [-0.25, -0.2) is 0 Å². The maximum Gasteiger partial charge on any atom is 0.119 e.